The average molecular weight is 326 g/mol. The molecule has 1 aliphatic heterocycles. The van der Waals surface area contributed by atoms with Crippen LogP contribution in [0.3, 0.4) is 0 Å². The highest BCUT2D eigenvalue weighted by molar-refractivity contribution is 7.99. The number of hydrogen-bond donors (Lipinski definition) is 1. The molecule has 0 radical (unpaired) electrons. The molecule has 2 aromatic carbocycles. The number of anilines is 2. The number of Topliss-reactive ketones (excluding diaryl/α,β-unsaturated/α-hetero) is 1. The van der Waals surface area contributed by atoms with Gasteiger partial charge in [0.2, 0.25) is 0 Å². The first-order valence-electron chi connectivity index (χ1n) is 7.66. The van der Waals surface area contributed by atoms with E-state index in [-0.39, 0.29) is 0 Å². The van der Waals surface area contributed by atoms with E-state index in [2.05, 4.69) is 5.32 Å². The molecular weight excluding hydrogens is 308 g/mol. The molecule has 0 fully saturated rings. The molecule has 4 nitrogen and oxygen atoms in total. The van der Waals surface area contributed by atoms with Crippen LogP contribution in [-0.2, 0) is 4.79 Å². The lowest BCUT2D eigenvalue weighted by molar-refractivity contribution is -0.126. The number of carbonyl (C=O) groups excluding carboxylic acids is 2. The van der Waals surface area contributed by atoms with Gasteiger partial charge in [-0.05, 0) is 38.1 Å². The third kappa shape index (κ3) is 2.84. The van der Waals surface area contributed by atoms with Crippen molar-refractivity contribution in [2.75, 3.05) is 18.4 Å². The zero-order chi connectivity index (χ0) is 16.4. The Hall–Kier alpha value is -2.27. The summed E-state index contributed by atoms with van der Waals surface area (Å²) in [6.07, 6.45) is 0. The molecule has 1 N–H and O–H groups in total. The summed E-state index contributed by atoms with van der Waals surface area (Å²) in [6, 6.07) is 13.4. The Morgan fingerprint density at radius 1 is 1.00 bits per heavy atom. The van der Waals surface area contributed by atoms with Crippen LogP contribution in [0.25, 0.3) is 0 Å². The summed E-state index contributed by atoms with van der Waals surface area (Å²) in [5.74, 6) is -0.910. The van der Waals surface area contributed by atoms with Crippen LogP contribution in [0.15, 0.2) is 52.3 Å². The van der Waals surface area contributed by atoms with E-state index in [1.165, 1.54) is 0 Å². The monoisotopic (exact) mass is 326 g/mol. The maximum Gasteiger partial charge on any atom is 0.295 e. The van der Waals surface area contributed by atoms with Gasteiger partial charge in [-0.3, -0.25) is 9.59 Å². The number of likely N-dealkylation sites (N-methyl/N-ethyl adjacent to an activating group) is 1. The van der Waals surface area contributed by atoms with Crippen molar-refractivity contribution >= 4 is 34.8 Å². The molecule has 23 heavy (non-hydrogen) atoms. The summed E-state index contributed by atoms with van der Waals surface area (Å²) in [7, 11) is 0. The lowest BCUT2D eigenvalue weighted by Gasteiger charge is -2.23. The Morgan fingerprint density at radius 2 is 1.70 bits per heavy atom. The SMILES string of the molecule is CCN(CC)C(=O)C(=O)c1cccc2c1Nc1ccccc1S2. The summed E-state index contributed by atoms with van der Waals surface area (Å²) >= 11 is 1.61. The topological polar surface area (TPSA) is 49.4 Å². The van der Waals surface area contributed by atoms with E-state index in [0.717, 1.165) is 21.2 Å². The van der Waals surface area contributed by atoms with Crippen LogP contribution in [0, 0.1) is 0 Å². The smallest absolute Gasteiger partial charge is 0.295 e. The molecule has 1 heterocycles. The fraction of sp³-hybridized carbons (Fsp3) is 0.222. The number of benzene rings is 2. The quantitative estimate of drug-likeness (QED) is 0.583. The minimum Gasteiger partial charge on any atom is -0.353 e. The third-order valence-electron chi connectivity index (χ3n) is 3.88. The zero-order valence-corrected chi connectivity index (χ0v) is 13.9. The van der Waals surface area contributed by atoms with Crippen LogP contribution >= 0.6 is 11.8 Å². The number of hydrogen-bond acceptors (Lipinski definition) is 4. The fourth-order valence-electron chi connectivity index (χ4n) is 2.62. The first-order chi connectivity index (χ1) is 11.2. The van der Waals surface area contributed by atoms with Gasteiger partial charge in [0.05, 0.1) is 16.9 Å². The molecule has 2 aromatic rings. The summed E-state index contributed by atoms with van der Waals surface area (Å²) in [4.78, 5) is 28.6. The van der Waals surface area contributed by atoms with Gasteiger partial charge in [0, 0.05) is 22.9 Å². The van der Waals surface area contributed by atoms with E-state index in [0.29, 0.717) is 18.7 Å². The van der Waals surface area contributed by atoms with Gasteiger partial charge in [0.1, 0.15) is 0 Å². The second kappa shape index (κ2) is 6.46. The average Bonchev–Trinajstić information content (AvgIpc) is 2.59. The first kappa shape index (κ1) is 15.6. The van der Waals surface area contributed by atoms with E-state index in [1.54, 1.807) is 22.7 Å². The van der Waals surface area contributed by atoms with Crippen molar-refractivity contribution in [3.05, 3.63) is 48.0 Å². The van der Waals surface area contributed by atoms with Gasteiger partial charge in [-0.2, -0.15) is 0 Å². The number of para-hydroxylation sites is 2. The van der Waals surface area contributed by atoms with Crippen LogP contribution in [0.5, 0.6) is 0 Å². The van der Waals surface area contributed by atoms with E-state index in [4.69, 9.17) is 0 Å². The predicted molar refractivity (Wildman–Crippen MR) is 92.5 cm³/mol. The van der Waals surface area contributed by atoms with Crippen LogP contribution in [-0.4, -0.2) is 29.7 Å². The van der Waals surface area contributed by atoms with E-state index in [1.807, 2.05) is 50.2 Å². The summed E-state index contributed by atoms with van der Waals surface area (Å²) in [5.41, 5.74) is 2.11. The lowest BCUT2D eigenvalue weighted by Crippen LogP contribution is -2.36. The van der Waals surface area contributed by atoms with E-state index >= 15 is 0 Å². The third-order valence-corrected chi connectivity index (χ3v) is 5.02. The molecule has 0 saturated heterocycles. The highest BCUT2D eigenvalue weighted by atomic mass is 32.2. The maximum absolute atomic E-state index is 12.6. The number of ketones is 1. The predicted octanol–water partition coefficient (Wildman–Crippen LogP) is 3.95. The summed E-state index contributed by atoms with van der Waals surface area (Å²) < 4.78 is 0. The number of rotatable bonds is 4. The summed E-state index contributed by atoms with van der Waals surface area (Å²) in [6.45, 7) is 4.81. The van der Waals surface area contributed by atoms with E-state index in [9.17, 15) is 9.59 Å². The Morgan fingerprint density at radius 3 is 2.43 bits per heavy atom. The molecular formula is C18H18N2O2S. The van der Waals surface area contributed by atoms with Gasteiger partial charge in [-0.1, -0.05) is 30.0 Å². The van der Waals surface area contributed by atoms with Gasteiger partial charge >= 0.3 is 0 Å². The molecule has 0 bridgehead atoms. The standard InChI is InChI=1S/C18H18N2O2S/c1-3-20(4-2)18(22)17(21)12-8-7-11-15-16(12)19-13-9-5-6-10-14(13)23-15/h5-11,19H,3-4H2,1-2H3. The number of amides is 1. The minimum atomic E-state index is -0.460. The van der Waals surface area contributed by atoms with Crippen molar-refractivity contribution in [2.45, 2.75) is 23.6 Å². The van der Waals surface area contributed by atoms with Gasteiger partial charge < -0.3 is 10.2 Å². The molecule has 5 heteroatoms. The van der Waals surface area contributed by atoms with Crippen molar-refractivity contribution in [1.29, 1.82) is 0 Å². The molecule has 0 atom stereocenters. The van der Waals surface area contributed by atoms with Gasteiger partial charge in [0.25, 0.3) is 11.7 Å². The van der Waals surface area contributed by atoms with Gasteiger partial charge in [-0.25, -0.2) is 0 Å². The van der Waals surface area contributed by atoms with Crippen molar-refractivity contribution in [2.24, 2.45) is 0 Å². The fourth-order valence-corrected chi connectivity index (χ4v) is 3.64. The number of nitrogens with zero attached hydrogens (tertiary/aromatic N) is 1. The molecule has 0 aliphatic carbocycles. The second-order valence-corrected chi connectivity index (χ2v) is 6.29. The van der Waals surface area contributed by atoms with Crippen molar-refractivity contribution < 1.29 is 9.59 Å². The van der Waals surface area contributed by atoms with Crippen LogP contribution in [0.1, 0.15) is 24.2 Å². The Kier molecular flexibility index (Phi) is 4.39. The largest absolute Gasteiger partial charge is 0.353 e. The normalized spacial score (nSPS) is 11.9. The Balaban J connectivity index is 1.98. The molecule has 1 amide bonds. The van der Waals surface area contributed by atoms with Crippen molar-refractivity contribution in [3.8, 4) is 0 Å². The first-order valence-corrected chi connectivity index (χ1v) is 8.47. The highest BCUT2D eigenvalue weighted by Crippen LogP contribution is 2.45. The Labute approximate surface area is 139 Å². The molecule has 0 aromatic heterocycles. The number of fused-ring (bicyclic) bond motifs is 2. The van der Waals surface area contributed by atoms with E-state index < -0.39 is 11.7 Å². The van der Waals surface area contributed by atoms with Gasteiger partial charge in [-0.15, -0.1) is 0 Å². The molecule has 3 rings (SSSR count). The zero-order valence-electron chi connectivity index (χ0n) is 13.1. The molecule has 118 valence electrons. The van der Waals surface area contributed by atoms with Crippen LogP contribution in [0.2, 0.25) is 0 Å². The maximum atomic E-state index is 12.6. The lowest BCUT2D eigenvalue weighted by atomic mass is 10.1. The second-order valence-electron chi connectivity index (χ2n) is 5.21. The molecule has 0 saturated carbocycles. The number of carbonyl (C=O) groups is 2. The molecule has 1 aliphatic rings. The minimum absolute atomic E-state index is 0.432. The number of nitrogens with one attached hydrogen (secondary N) is 1. The summed E-state index contributed by atoms with van der Waals surface area (Å²) in [5, 5.41) is 3.31. The Bertz CT molecular complexity index is 769. The molecule has 0 unspecified atom stereocenters. The highest BCUT2D eigenvalue weighted by Gasteiger charge is 2.27. The van der Waals surface area contributed by atoms with Crippen LogP contribution < -0.4 is 5.32 Å². The van der Waals surface area contributed by atoms with Crippen LogP contribution in [0.4, 0.5) is 11.4 Å². The van der Waals surface area contributed by atoms with Gasteiger partial charge in [0.15, 0.2) is 0 Å². The van der Waals surface area contributed by atoms with Crippen molar-refractivity contribution in [3.63, 3.8) is 0 Å². The van der Waals surface area contributed by atoms with Crippen molar-refractivity contribution in [1.82, 2.24) is 4.90 Å². The molecule has 0 spiro atoms.